The predicted octanol–water partition coefficient (Wildman–Crippen LogP) is 1.77. The van der Waals surface area contributed by atoms with Crippen LogP contribution in [0.15, 0.2) is 39.5 Å². The third kappa shape index (κ3) is 2.33. The van der Waals surface area contributed by atoms with Gasteiger partial charge in [0.25, 0.3) is 0 Å². The Kier molecular flexibility index (Phi) is 3.34. The molecule has 2 aromatic carbocycles. The highest BCUT2D eigenvalue weighted by molar-refractivity contribution is 5.87. The third-order valence-corrected chi connectivity index (χ3v) is 3.45. The fourth-order valence-corrected chi connectivity index (χ4v) is 2.36. The van der Waals surface area contributed by atoms with E-state index in [0.717, 1.165) is 12.1 Å². The smallest absolute Gasteiger partial charge is 0.202 e. The van der Waals surface area contributed by atoms with Crippen molar-refractivity contribution in [2.75, 3.05) is 0 Å². The van der Waals surface area contributed by atoms with Gasteiger partial charge in [-0.15, -0.1) is 0 Å². The summed E-state index contributed by atoms with van der Waals surface area (Å²) in [5.74, 6) is -1.58. The second-order valence-corrected chi connectivity index (χ2v) is 4.94. The van der Waals surface area contributed by atoms with Gasteiger partial charge >= 0.3 is 0 Å². The van der Waals surface area contributed by atoms with Crippen LogP contribution in [-0.2, 0) is 6.61 Å². The molecule has 0 saturated carbocycles. The van der Waals surface area contributed by atoms with Crippen molar-refractivity contribution in [3.05, 3.63) is 46.1 Å². The molecule has 0 atom stereocenters. The summed E-state index contributed by atoms with van der Waals surface area (Å²) in [5.41, 5.74) is -0.615. The van der Waals surface area contributed by atoms with Gasteiger partial charge in [-0.3, -0.25) is 4.79 Å². The van der Waals surface area contributed by atoms with Crippen LogP contribution in [0.5, 0.6) is 23.0 Å². The van der Waals surface area contributed by atoms with Gasteiger partial charge in [0, 0.05) is 17.7 Å². The number of fused-ring (bicyclic) bond motifs is 1. The second kappa shape index (κ2) is 5.22. The van der Waals surface area contributed by atoms with Crippen LogP contribution in [0.2, 0.25) is 0 Å². The minimum absolute atomic E-state index is 0.0368. The van der Waals surface area contributed by atoms with Gasteiger partial charge in [0.15, 0.2) is 11.5 Å². The van der Waals surface area contributed by atoms with E-state index in [4.69, 9.17) is 4.42 Å². The molecule has 0 radical (unpaired) electrons. The first-order valence-corrected chi connectivity index (χ1v) is 6.57. The maximum Gasteiger partial charge on any atom is 0.202 e. The lowest BCUT2D eigenvalue weighted by molar-refractivity contribution is 0.278. The summed E-state index contributed by atoms with van der Waals surface area (Å²) in [4.78, 5) is 12.5. The van der Waals surface area contributed by atoms with Crippen molar-refractivity contribution in [3.8, 4) is 34.3 Å². The quantitative estimate of drug-likeness (QED) is 0.455. The number of phenols is 4. The van der Waals surface area contributed by atoms with E-state index in [0.29, 0.717) is 0 Å². The van der Waals surface area contributed by atoms with E-state index in [1.54, 1.807) is 0 Å². The normalized spacial score (nSPS) is 11.0. The van der Waals surface area contributed by atoms with Crippen LogP contribution in [0.3, 0.4) is 0 Å². The first-order chi connectivity index (χ1) is 10.9. The highest BCUT2D eigenvalue weighted by atomic mass is 16.3. The molecule has 0 spiro atoms. The number of benzene rings is 2. The fourth-order valence-electron chi connectivity index (χ4n) is 2.36. The minimum Gasteiger partial charge on any atom is -0.508 e. The fraction of sp³-hybridized carbons (Fsp3) is 0.0625. The van der Waals surface area contributed by atoms with E-state index < -0.39 is 23.5 Å². The molecule has 7 nitrogen and oxygen atoms in total. The van der Waals surface area contributed by atoms with Crippen LogP contribution in [0.25, 0.3) is 22.3 Å². The van der Waals surface area contributed by atoms with E-state index in [1.165, 1.54) is 18.2 Å². The van der Waals surface area contributed by atoms with Crippen molar-refractivity contribution < 1.29 is 29.9 Å². The summed E-state index contributed by atoms with van der Waals surface area (Å²) in [6, 6.07) is 5.91. The van der Waals surface area contributed by atoms with Crippen LogP contribution in [0.4, 0.5) is 0 Å². The summed E-state index contributed by atoms with van der Waals surface area (Å²) >= 11 is 0. The SMILES string of the molecule is O=c1c(CO)c(-c2ccc(O)c(O)c2)oc2cc(O)cc(O)c12. The van der Waals surface area contributed by atoms with E-state index in [1.807, 2.05) is 0 Å². The van der Waals surface area contributed by atoms with E-state index in [-0.39, 0.29) is 39.4 Å². The maximum absolute atomic E-state index is 12.5. The number of hydrogen-bond acceptors (Lipinski definition) is 7. The van der Waals surface area contributed by atoms with E-state index in [9.17, 15) is 30.3 Å². The summed E-state index contributed by atoms with van der Waals surface area (Å²) in [6.07, 6.45) is 0. The van der Waals surface area contributed by atoms with Crippen molar-refractivity contribution in [1.82, 2.24) is 0 Å². The van der Waals surface area contributed by atoms with Crippen LogP contribution >= 0.6 is 0 Å². The first kappa shape index (κ1) is 14.7. The van der Waals surface area contributed by atoms with E-state index >= 15 is 0 Å². The highest BCUT2D eigenvalue weighted by Gasteiger charge is 2.19. The zero-order valence-corrected chi connectivity index (χ0v) is 11.6. The zero-order chi connectivity index (χ0) is 16.7. The zero-order valence-electron chi connectivity index (χ0n) is 11.6. The van der Waals surface area contributed by atoms with Crippen molar-refractivity contribution in [2.24, 2.45) is 0 Å². The van der Waals surface area contributed by atoms with Gasteiger partial charge in [-0.2, -0.15) is 0 Å². The predicted molar refractivity (Wildman–Crippen MR) is 80.5 cm³/mol. The Morgan fingerprint density at radius 2 is 1.65 bits per heavy atom. The standard InChI is InChI=1S/C16H12O7/c17-6-9-15(22)14-12(21)4-8(18)5-13(14)23-16(9)7-1-2-10(19)11(20)3-7/h1-5,17-21H,6H2. The van der Waals surface area contributed by atoms with Crippen LogP contribution in [-0.4, -0.2) is 25.5 Å². The minimum atomic E-state index is -0.659. The lowest BCUT2D eigenvalue weighted by Crippen LogP contribution is -2.11. The second-order valence-electron chi connectivity index (χ2n) is 4.94. The molecule has 1 heterocycles. The molecule has 3 aromatic rings. The Morgan fingerprint density at radius 1 is 0.913 bits per heavy atom. The monoisotopic (exact) mass is 316 g/mol. The summed E-state index contributed by atoms with van der Waals surface area (Å²) in [6.45, 7) is -0.657. The molecular weight excluding hydrogens is 304 g/mol. The molecule has 5 N–H and O–H groups in total. The Labute approximate surface area is 128 Å². The van der Waals surface area contributed by atoms with Gasteiger partial charge in [0.2, 0.25) is 5.43 Å². The molecule has 3 rings (SSSR count). The molecule has 0 saturated heterocycles. The van der Waals surface area contributed by atoms with Crippen LogP contribution in [0, 0.1) is 0 Å². The molecule has 0 bridgehead atoms. The van der Waals surface area contributed by atoms with Crippen LogP contribution < -0.4 is 5.43 Å². The van der Waals surface area contributed by atoms with Gasteiger partial charge in [0.1, 0.15) is 28.2 Å². The molecular formula is C16H12O7. The first-order valence-electron chi connectivity index (χ1n) is 6.57. The molecule has 1 aromatic heterocycles. The van der Waals surface area contributed by atoms with Gasteiger partial charge in [-0.1, -0.05) is 0 Å². The van der Waals surface area contributed by atoms with Crippen LogP contribution in [0.1, 0.15) is 5.56 Å². The van der Waals surface area contributed by atoms with E-state index in [2.05, 4.69) is 0 Å². The molecule has 0 aliphatic carbocycles. The molecule has 0 unspecified atom stereocenters. The number of phenolic OH excluding ortho intramolecular Hbond substituents is 4. The Balaban J connectivity index is 2.40. The molecule has 0 amide bonds. The lowest BCUT2D eigenvalue weighted by atomic mass is 10.0. The van der Waals surface area contributed by atoms with Gasteiger partial charge in [0.05, 0.1) is 12.2 Å². The number of aromatic hydroxyl groups is 4. The topological polar surface area (TPSA) is 131 Å². The van der Waals surface area contributed by atoms with Crippen molar-refractivity contribution in [3.63, 3.8) is 0 Å². The highest BCUT2D eigenvalue weighted by Crippen LogP contribution is 2.35. The molecule has 0 aliphatic heterocycles. The summed E-state index contributed by atoms with van der Waals surface area (Å²) in [7, 11) is 0. The average molecular weight is 316 g/mol. The number of rotatable bonds is 2. The lowest BCUT2D eigenvalue weighted by Gasteiger charge is -2.10. The Bertz CT molecular complexity index is 972. The Morgan fingerprint density at radius 3 is 2.30 bits per heavy atom. The van der Waals surface area contributed by atoms with Gasteiger partial charge in [-0.05, 0) is 18.2 Å². The molecule has 7 heteroatoms. The van der Waals surface area contributed by atoms with Gasteiger partial charge < -0.3 is 29.9 Å². The molecule has 0 fully saturated rings. The number of hydrogen-bond donors (Lipinski definition) is 5. The molecule has 0 aliphatic rings. The maximum atomic E-state index is 12.5. The van der Waals surface area contributed by atoms with Crippen molar-refractivity contribution >= 4 is 11.0 Å². The molecule has 23 heavy (non-hydrogen) atoms. The summed E-state index contributed by atoms with van der Waals surface area (Å²) < 4.78 is 5.53. The Hall–Kier alpha value is -3.19. The number of aliphatic hydroxyl groups is 1. The van der Waals surface area contributed by atoms with Crippen molar-refractivity contribution in [2.45, 2.75) is 6.61 Å². The third-order valence-electron chi connectivity index (χ3n) is 3.45. The van der Waals surface area contributed by atoms with Gasteiger partial charge in [-0.25, -0.2) is 0 Å². The molecule has 118 valence electrons. The van der Waals surface area contributed by atoms with Crippen molar-refractivity contribution in [1.29, 1.82) is 0 Å². The largest absolute Gasteiger partial charge is 0.508 e. The summed E-state index contributed by atoms with van der Waals surface area (Å²) in [5, 5.41) is 47.6. The average Bonchev–Trinajstić information content (AvgIpc) is 2.49. The number of aliphatic hydroxyl groups excluding tert-OH is 1.